The van der Waals surface area contributed by atoms with E-state index >= 15 is 0 Å². The van der Waals surface area contributed by atoms with Crippen LogP contribution in [0.5, 0.6) is 0 Å². The van der Waals surface area contributed by atoms with Gasteiger partial charge in [-0.1, -0.05) is 0 Å². The molecule has 1 heterocycles. The Kier molecular flexibility index (Phi) is 4.04. The number of carbonyl (C=O) groups is 1. The number of carbonyl (C=O) groups excluding carboxylic acids is 1. The second-order valence-corrected chi connectivity index (χ2v) is 2.99. The van der Waals surface area contributed by atoms with Crippen molar-refractivity contribution in [2.45, 2.75) is 12.8 Å². The van der Waals surface area contributed by atoms with Gasteiger partial charge in [0.05, 0.1) is 13.2 Å². The minimum absolute atomic E-state index is 0.0906. The topological polar surface area (TPSA) is 52.6 Å². The zero-order valence-electron chi connectivity index (χ0n) is 7.25. The van der Waals surface area contributed by atoms with Crippen molar-refractivity contribution >= 4 is 5.91 Å². The molecule has 1 amide bonds. The third-order valence-corrected chi connectivity index (χ3v) is 2.02. The van der Waals surface area contributed by atoms with E-state index in [-0.39, 0.29) is 12.5 Å². The summed E-state index contributed by atoms with van der Waals surface area (Å²) in [5, 5.41) is 11.3. The van der Waals surface area contributed by atoms with Crippen LogP contribution in [0.25, 0.3) is 0 Å². The Morgan fingerprint density at radius 3 is 2.67 bits per heavy atom. The average molecular weight is 172 g/mol. The van der Waals surface area contributed by atoms with E-state index in [0.29, 0.717) is 13.1 Å². The Hall–Kier alpha value is -0.610. The van der Waals surface area contributed by atoms with Crippen molar-refractivity contribution in [3.63, 3.8) is 0 Å². The number of hydrogen-bond acceptors (Lipinski definition) is 3. The maximum absolute atomic E-state index is 11.3. The lowest BCUT2D eigenvalue weighted by Gasteiger charge is -2.14. The largest absolute Gasteiger partial charge is 0.395 e. The second-order valence-electron chi connectivity index (χ2n) is 2.99. The highest BCUT2D eigenvalue weighted by molar-refractivity contribution is 5.78. The number of rotatable bonds is 4. The number of amides is 1. The van der Waals surface area contributed by atoms with Crippen LogP contribution in [0.4, 0.5) is 0 Å². The lowest BCUT2D eigenvalue weighted by Crippen LogP contribution is -2.37. The van der Waals surface area contributed by atoms with Gasteiger partial charge in [0, 0.05) is 19.6 Å². The van der Waals surface area contributed by atoms with Gasteiger partial charge in [-0.3, -0.25) is 4.79 Å². The van der Waals surface area contributed by atoms with Crippen LogP contribution >= 0.6 is 0 Å². The molecule has 0 spiro atoms. The molecule has 0 aromatic rings. The van der Waals surface area contributed by atoms with Gasteiger partial charge in [0.15, 0.2) is 0 Å². The van der Waals surface area contributed by atoms with Gasteiger partial charge in [-0.25, -0.2) is 0 Å². The highest BCUT2D eigenvalue weighted by Gasteiger charge is 2.16. The molecule has 0 bridgehead atoms. The average Bonchev–Trinajstić information content (AvgIpc) is 2.56. The van der Waals surface area contributed by atoms with Crippen molar-refractivity contribution in [2.75, 3.05) is 32.8 Å². The summed E-state index contributed by atoms with van der Waals surface area (Å²) in [5.74, 6) is 0.154. The van der Waals surface area contributed by atoms with Crippen LogP contribution in [-0.4, -0.2) is 48.7 Å². The smallest absolute Gasteiger partial charge is 0.236 e. The molecule has 4 nitrogen and oxygen atoms in total. The third-order valence-electron chi connectivity index (χ3n) is 2.02. The van der Waals surface area contributed by atoms with E-state index in [2.05, 4.69) is 5.32 Å². The summed E-state index contributed by atoms with van der Waals surface area (Å²) in [7, 11) is 0. The van der Waals surface area contributed by atoms with Crippen molar-refractivity contribution in [2.24, 2.45) is 0 Å². The summed E-state index contributed by atoms with van der Waals surface area (Å²) in [6, 6.07) is 0. The number of likely N-dealkylation sites (tertiary alicyclic amines) is 1. The van der Waals surface area contributed by atoms with E-state index in [9.17, 15) is 4.79 Å². The number of nitrogens with zero attached hydrogens (tertiary/aromatic N) is 1. The molecule has 0 saturated carbocycles. The van der Waals surface area contributed by atoms with Crippen molar-refractivity contribution in [1.82, 2.24) is 10.2 Å². The first kappa shape index (κ1) is 9.48. The molecule has 2 N–H and O–H groups in total. The van der Waals surface area contributed by atoms with E-state index < -0.39 is 0 Å². The van der Waals surface area contributed by atoms with Crippen molar-refractivity contribution < 1.29 is 9.90 Å². The number of aliphatic hydroxyl groups excluding tert-OH is 1. The molecule has 0 aromatic carbocycles. The Morgan fingerprint density at radius 2 is 2.08 bits per heavy atom. The van der Waals surface area contributed by atoms with Crippen LogP contribution in [0.2, 0.25) is 0 Å². The molecule has 0 aromatic heterocycles. The molecule has 12 heavy (non-hydrogen) atoms. The molecule has 0 radical (unpaired) electrons. The van der Waals surface area contributed by atoms with Crippen molar-refractivity contribution in [1.29, 1.82) is 0 Å². The van der Waals surface area contributed by atoms with Gasteiger partial charge in [0.25, 0.3) is 0 Å². The molecule has 1 aliphatic heterocycles. The normalized spacial score (nSPS) is 16.9. The minimum atomic E-state index is 0.0906. The molecule has 1 aliphatic rings. The van der Waals surface area contributed by atoms with Gasteiger partial charge in [-0.2, -0.15) is 0 Å². The lowest BCUT2D eigenvalue weighted by molar-refractivity contribution is -0.129. The summed E-state index contributed by atoms with van der Waals surface area (Å²) in [5.41, 5.74) is 0. The lowest BCUT2D eigenvalue weighted by atomic mass is 10.4. The van der Waals surface area contributed by atoms with Gasteiger partial charge in [0.2, 0.25) is 5.91 Å². The molecule has 0 aliphatic carbocycles. The number of hydrogen-bond donors (Lipinski definition) is 2. The summed E-state index contributed by atoms with van der Waals surface area (Å²) in [6.45, 7) is 2.76. The quantitative estimate of drug-likeness (QED) is 0.545. The van der Waals surface area contributed by atoms with Crippen molar-refractivity contribution in [3.05, 3.63) is 0 Å². The summed E-state index contributed by atoms with van der Waals surface area (Å²) < 4.78 is 0. The van der Waals surface area contributed by atoms with Gasteiger partial charge in [-0.05, 0) is 12.8 Å². The first-order chi connectivity index (χ1) is 5.84. The zero-order chi connectivity index (χ0) is 8.81. The molecule has 4 heteroatoms. The van der Waals surface area contributed by atoms with Gasteiger partial charge in [0.1, 0.15) is 0 Å². The Balaban J connectivity index is 2.10. The zero-order valence-corrected chi connectivity index (χ0v) is 7.25. The molecule has 1 saturated heterocycles. The van der Waals surface area contributed by atoms with Crippen LogP contribution in [0, 0.1) is 0 Å². The minimum Gasteiger partial charge on any atom is -0.395 e. The first-order valence-corrected chi connectivity index (χ1v) is 4.44. The fourth-order valence-electron chi connectivity index (χ4n) is 1.35. The van der Waals surface area contributed by atoms with E-state index in [1.165, 1.54) is 0 Å². The van der Waals surface area contributed by atoms with Crippen LogP contribution < -0.4 is 5.32 Å². The Labute approximate surface area is 72.6 Å². The molecule has 0 unspecified atom stereocenters. The van der Waals surface area contributed by atoms with E-state index in [1.807, 2.05) is 4.90 Å². The molecule has 1 fully saturated rings. The molecule has 70 valence electrons. The number of aliphatic hydroxyl groups is 1. The SMILES string of the molecule is O=C(CNCCO)N1CCCC1. The van der Waals surface area contributed by atoms with Crippen LogP contribution in [0.15, 0.2) is 0 Å². The highest BCUT2D eigenvalue weighted by atomic mass is 16.3. The monoisotopic (exact) mass is 172 g/mol. The van der Waals surface area contributed by atoms with E-state index in [1.54, 1.807) is 0 Å². The predicted octanol–water partition coefficient (Wildman–Crippen LogP) is -0.809. The summed E-state index contributed by atoms with van der Waals surface area (Å²) in [6.07, 6.45) is 2.26. The van der Waals surface area contributed by atoms with Crippen LogP contribution in [-0.2, 0) is 4.79 Å². The Bertz CT molecular complexity index is 144. The van der Waals surface area contributed by atoms with Gasteiger partial charge >= 0.3 is 0 Å². The van der Waals surface area contributed by atoms with E-state index in [4.69, 9.17) is 5.11 Å². The maximum atomic E-state index is 11.3. The maximum Gasteiger partial charge on any atom is 0.236 e. The molecule has 0 atom stereocenters. The predicted molar refractivity (Wildman–Crippen MR) is 45.8 cm³/mol. The summed E-state index contributed by atoms with van der Waals surface area (Å²) in [4.78, 5) is 13.2. The van der Waals surface area contributed by atoms with Gasteiger partial charge in [-0.15, -0.1) is 0 Å². The third kappa shape index (κ3) is 2.79. The fraction of sp³-hybridized carbons (Fsp3) is 0.875. The summed E-state index contributed by atoms with van der Waals surface area (Å²) >= 11 is 0. The van der Waals surface area contributed by atoms with Gasteiger partial charge < -0.3 is 15.3 Å². The number of nitrogens with one attached hydrogen (secondary N) is 1. The Morgan fingerprint density at radius 1 is 1.42 bits per heavy atom. The van der Waals surface area contributed by atoms with E-state index in [0.717, 1.165) is 25.9 Å². The molecule has 1 rings (SSSR count). The van der Waals surface area contributed by atoms with Crippen LogP contribution in [0.3, 0.4) is 0 Å². The standard InChI is InChI=1S/C8H16N2O2/c11-6-3-9-7-8(12)10-4-1-2-5-10/h9,11H,1-7H2. The fourth-order valence-corrected chi connectivity index (χ4v) is 1.35. The second kappa shape index (κ2) is 5.11. The van der Waals surface area contributed by atoms with Crippen molar-refractivity contribution in [3.8, 4) is 0 Å². The highest BCUT2D eigenvalue weighted by Crippen LogP contribution is 2.06. The molecular weight excluding hydrogens is 156 g/mol. The molecular formula is C8H16N2O2. The first-order valence-electron chi connectivity index (χ1n) is 4.44. The van der Waals surface area contributed by atoms with Crippen LogP contribution in [0.1, 0.15) is 12.8 Å².